The summed E-state index contributed by atoms with van der Waals surface area (Å²) in [7, 11) is -3.71. The average molecular weight is 232 g/mol. The van der Waals surface area contributed by atoms with Gasteiger partial charge in [0.1, 0.15) is 16.4 Å². The highest BCUT2D eigenvalue weighted by Gasteiger charge is 2.23. The minimum Gasteiger partial charge on any atom is -0.465 e. The predicted molar refractivity (Wildman–Crippen MR) is 56.9 cm³/mol. The van der Waals surface area contributed by atoms with Crippen LogP contribution in [0.5, 0.6) is 0 Å². The minimum atomic E-state index is -3.71. The molecule has 0 saturated carbocycles. The number of primary sulfonamides is 1. The van der Waals surface area contributed by atoms with Crippen LogP contribution >= 0.6 is 0 Å². The van der Waals surface area contributed by atoms with Gasteiger partial charge in [-0.1, -0.05) is 6.92 Å². The van der Waals surface area contributed by atoms with E-state index >= 15 is 0 Å². The van der Waals surface area contributed by atoms with Gasteiger partial charge < -0.3 is 9.73 Å². The first-order valence-corrected chi connectivity index (χ1v) is 6.25. The molecule has 0 amide bonds. The normalized spacial score (nSPS) is 12.0. The van der Waals surface area contributed by atoms with Crippen LogP contribution in [-0.2, 0) is 16.6 Å². The summed E-state index contributed by atoms with van der Waals surface area (Å²) in [6.45, 7) is 6.48. The maximum Gasteiger partial charge on any atom is 0.241 e. The summed E-state index contributed by atoms with van der Waals surface area (Å²) in [5.74, 6) is 0.945. The highest BCUT2D eigenvalue weighted by molar-refractivity contribution is 7.89. The van der Waals surface area contributed by atoms with Crippen molar-refractivity contribution in [1.82, 2.24) is 5.32 Å². The molecule has 0 aliphatic carbocycles. The summed E-state index contributed by atoms with van der Waals surface area (Å²) in [4.78, 5) is 0.112. The van der Waals surface area contributed by atoms with Crippen molar-refractivity contribution in [3.05, 3.63) is 17.1 Å². The molecule has 6 heteroatoms. The molecule has 0 atom stereocenters. The summed E-state index contributed by atoms with van der Waals surface area (Å²) in [5, 5.41) is 8.18. The summed E-state index contributed by atoms with van der Waals surface area (Å²) in [6, 6.07) is 0. The summed E-state index contributed by atoms with van der Waals surface area (Å²) < 4.78 is 28.0. The fourth-order valence-electron chi connectivity index (χ4n) is 1.54. The van der Waals surface area contributed by atoms with Gasteiger partial charge in [-0.25, -0.2) is 13.6 Å². The van der Waals surface area contributed by atoms with Crippen molar-refractivity contribution in [2.45, 2.75) is 32.2 Å². The Kier molecular flexibility index (Phi) is 3.54. The molecule has 0 fully saturated rings. The van der Waals surface area contributed by atoms with Gasteiger partial charge in [0.05, 0.1) is 0 Å². The van der Waals surface area contributed by atoms with Crippen LogP contribution in [-0.4, -0.2) is 15.0 Å². The number of nitrogens with two attached hydrogens (primary N) is 1. The van der Waals surface area contributed by atoms with Crippen LogP contribution in [0.25, 0.3) is 0 Å². The number of rotatable bonds is 4. The third-order valence-electron chi connectivity index (χ3n) is 2.16. The molecule has 15 heavy (non-hydrogen) atoms. The molecule has 0 unspecified atom stereocenters. The molecule has 3 N–H and O–H groups in total. The van der Waals surface area contributed by atoms with Gasteiger partial charge >= 0.3 is 0 Å². The van der Waals surface area contributed by atoms with Gasteiger partial charge in [0.2, 0.25) is 10.0 Å². The number of furan rings is 1. The Hall–Kier alpha value is -0.850. The maximum absolute atomic E-state index is 11.3. The Labute approximate surface area is 89.7 Å². The van der Waals surface area contributed by atoms with Crippen LogP contribution in [0.3, 0.4) is 0 Å². The zero-order valence-corrected chi connectivity index (χ0v) is 9.94. The van der Waals surface area contributed by atoms with Gasteiger partial charge in [-0.15, -0.1) is 0 Å². The third-order valence-corrected chi connectivity index (χ3v) is 3.26. The molecule has 0 aromatic carbocycles. The van der Waals surface area contributed by atoms with Crippen molar-refractivity contribution in [1.29, 1.82) is 0 Å². The van der Waals surface area contributed by atoms with Gasteiger partial charge in [0.25, 0.3) is 0 Å². The van der Waals surface area contributed by atoms with Gasteiger partial charge in [-0.05, 0) is 20.4 Å². The van der Waals surface area contributed by atoms with Crippen molar-refractivity contribution in [2.75, 3.05) is 6.54 Å². The van der Waals surface area contributed by atoms with Gasteiger partial charge in [0.15, 0.2) is 0 Å². The van der Waals surface area contributed by atoms with Crippen molar-refractivity contribution in [3.8, 4) is 0 Å². The Balaban J connectivity index is 3.24. The van der Waals surface area contributed by atoms with Crippen LogP contribution in [0.15, 0.2) is 9.31 Å². The molecule has 0 spiro atoms. The van der Waals surface area contributed by atoms with Crippen molar-refractivity contribution in [2.24, 2.45) is 5.14 Å². The average Bonchev–Trinajstić information content (AvgIpc) is 2.36. The predicted octanol–water partition coefficient (Wildman–Crippen LogP) is 0.653. The maximum atomic E-state index is 11.3. The zero-order valence-electron chi connectivity index (χ0n) is 9.12. The van der Waals surface area contributed by atoms with E-state index in [9.17, 15) is 8.42 Å². The highest BCUT2D eigenvalue weighted by atomic mass is 32.2. The molecule has 0 radical (unpaired) electrons. The van der Waals surface area contributed by atoms with E-state index in [0.29, 0.717) is 23.6 Å². The molecule has 1 heterocycles. The van der Waals surface area contributed by atoms with E-state index in [2.05, 4.69) is 5.32 Å². The Morgan fingerprint density at radius 1 is 1.33 bits per heavy atom. The molecule has 1 aromatic heterocycles. The molecular weight excluding hydrogens is 216 g/mol. The number of sulfonamides is 1. The van der Waals surface area contributed by atoms with E-state index in [1.54, 1.807) is 13.8 Å². The van der Waals surface area contributed by atoms with Crippen molar-refractivity contribution < 1.29 is 12.8 Å². The van der Waals surface area contributed by atoms with Crippen molar-refractivity contribution in [3.63, 3.8) is 0 Å². The molecule has 0 saturated heterocycles. The third kappa shape index (κ3) is 2.58. The van der Waals surface area contributed by atoms with E-state index in [-0.39, 0.29) is 4.90 Å². The first-order valence-electron chi connectivity index (χ1n) is 4.70. The first kappa shape index (κ1) is 12.2. The number of hydrogen-bond donors (Lipinski definition) is 2. The molecule has 0 bridgehead atoms. The molecule has 5 nitrogen and oxygen atoms in total. The summed E-state index contributed by atoms with van der Waals surface area (Å²) in [6.07, 6.45) is 0. The minimum absolute atomic E-state index is 0.112. The molecular formula is C9H16N2O3S. The fraction of sp³-hybridized carbons (Fsp3) is 0.556. The van der Waals surface area contributed by atoms with Crippen LogP contribution < -0.4 is 10.5 Å². The molecule has 1 aromatic rings. The number of nitrogens with one attached hydrogen (secondary N) is 1. The molecule has 86 valence electrons. The standard InChI is InChI=1S/C9H16N2O3S/c1-4-11-5-8-6(2)14-7(3)9(8)15(10,12)13/h11H,4-5H2,1-3H3,(H2,10,12,13). The second-order valence-electron chi connectivity index (χ2n) is 3.35. The van der Waals surface area contributed by atoms with E-state index in [0.717, 1.165) is 6.54 Å². The second kappa shape index (κ2) is 4.34. The van der Waals surface area contributed by atoms with E-state index in [4.69, 9.17) is 9.56 Å². The fourth-order valence-corrected chi connectivity index (χ4v) is 2.54. The van der Waals surface area contributed by atoms with Gasteiger partial charge in [0, 0.05) is 12.1 Å². The summed E-state index contributed by atoms with van der Waals surface area (Å²) >= 11 is 0. The van der Waals surface area contributed by atoms with E-state index in [1.165, 1.54) is 0 Å². The number of hydrogen-bond acceptors (Lipinski definition) is 4. The van der Waals surface area contributed by atoms with Crippen molar-refractivity contribution >= 4 is 10.0 Å². The number of aryl methyl sites for hydroxylation is 2. The molecule has 0 aliphatic rings. The smallest absolute Gasteiger partial charge is 0.241 e. The lowest BCUT2D eigenvalue weighted by molar-refractivity contribution is 0.493. The monoisotopic (exact) mass is 232 g/mol. The Morgan fingerprint density at radius 2 is 1.93 bits per heavy atom. The van der Waals surface area contributed by atoms with Crippen LogP contribution in [0.2, 0.25) is 0 Å². The zero-order chi connectivity index (χ0) is 11.6. The Bertz CT molecular complexity index is 448. The van der Waals surface area contributed by atoms with Gasteiger partial charge in [-0.3, -0.25) is 0 Å². The largest absolute Gasteiger partial charge is 0.465 e. The van der Waals surface area contributed by atoms with Crippen LogP contribution in [0.1, 0.15) is 24.0 Å². The van der Waals surface area contributed by atoms with E-state index < -0.39 is 10.0 Å². The van der Waals surface area contributed by atoms with Gasteiger partial charge in [-0.2, -0.15) is 0 Å². The highest BCUT2D eigenvalue weighted by Crippen LogP contribution is 2.25. The first-order chi connectivity index (χ1) is 6.88. The SMILES string of the molecule is CCNCc1c(C)oc(C)c1S(N)(=O)=O. The van der Waals surface area contributed by atoms with Crippen LogP contribution in [0, 0.1) is 13.8 Å². The van der Waals surface area contributed by atoms with E-state index in [1.807, 2.05) is 6.92 Å². The Morgan fingerprint density at radius 3 is 2.40 bits per heavy atom. The lowest BCUT2D eigenvalue weighted by Crippen LogP contribution is -2.18. The lowest BCUT2D eigenvalue weighted by Gasteiger charge is -2.03. The summed E-state index contributed by atoms with van der Waals surface area (Å²) in [5.41, 5.74) is 0.622. The van der Waals surface area contributed by atoms with Crippen LogP contribution in [0.4, 0.5) is 0 Å². The topological polar surface area (TPSA) is 85.3 Å². The lowest BCUT2D eigenvalue weighted by atomic mass is 10.2. The molecule has 1 rings (SSSR count). The quantitative estimate of drug-likeness (QED) is 0.798. The molecule has 0 aliphatic heterocycles. The second-order valence-corrected chi connectivity index (χ2v) is 4.85.